The summed E-state index contributed by atoms with van der Waals surface area (Å²) in [6, 6.07) is 6.45. The Morgan fingerprint density at radius 3 is 2.50 bits per heavy atom. The number of halogens is 4. The fourth-order valence-corrected chi connectivity index (χ4v) is 3.65. The highest BCUT2D eigenvalue weighted by atomic mass is 35.5. The number of carbonyl (C=O) groups excluding carboxylic acids is 1. The van der Waals surface area contributed by atoms with Crippen molar-refractivity contribution in [2.45, 2.75) is 24.6 Å². The number of nitrogens with one attached hydrogen (secondary N) is 2. The predicted octanol–water partition coefficient (Wildman–Crippen LogP) is 4.54. The fraction of sp³-hybridized carbons (Fsp3) is 0.273. The van der Waals surface area contributed by atoms with Gasteiger partial charge in [0.25, 0.3) is 5.91 Å². The van der Waals surface area contributed by atoms with E-state index in [2.05, 4.69) is 25.6 Å². The quantitative estimate of drug-likeness (QED) is 0.448. The fourth-order valence-electron chi connectivity index (χ4n) is 3.49. The van der Waals surface area contributed by atoms with Crippen molar-refractivity contribution in [1.29, 1.82) is 0 Å². The Hall–Kier alpha value is -3.28. The summed E-state index contributed by atoms with van der Waals surface area (Å²) in [4.78, 5) is 24.7. The number of amides is 1. The first-order valence-electron chi connectivity index (χ1n) is 10.2. The first-order valence-corrected chi connectivity index (χ1v) is 10.6. The topological polar surface area (TPSA) is 109 Å². The Morgan fingerprint density at radius 1 is 1.06 bits per heavy atom. The first kappa shape index (κ1) is 23.9. The Balaban J connectivity index is 1.52. The van der Waals surface area contributed by atoms with Crippen LogP contribution in [0.2, 0.25) is 5.15 Å². The van der Waals surface area contributed by atoms with Crippen molar-refractivity contribution >= 4 is 34.8 Å². The Kier molecular flexibility index (Phi) is 6.69. The molecule has 34 heavy (non-hydrogen) atoms. The van der Waals surface area contributed by atoms with Crippen LogP contribution in [0.5, 0.6) is 0 Å². The standard InChI is InChI=1S/C22H19ClF3N5O3/c23-17-10-15(21(33)4-7-34-8-5-21)16(12-28-17)30-20(32)13-3-6-27-19(9-13)31-18-2-1-14(11-29-18)22(24,25)26/h1-3,6,9-12,33H,4-5,7-8H2,(H,30,32)(H,27,29,31). The maximum atomic E-state index is 12.9. The molecular weight excluding hydrogens is 475 g/mol. The number of alkyl halides is 3. The molecule has 178 valence electrons. The molecule has 3 aromatic heterocycles. The number of hydrogen-bond acceptors (Lipinski definition) is 7. The number of carbonyl (C=O) groups is 1. The lowest BCUT2D eigenvalue weighted by atomic mass is 9.86. The van der Waals surface area contributed by atoms with Crippen molar-refractivity contribution in [3.63, 3.8) is 0 Å². The molecule has 0 unspecified atom stereocenters. The molecule has 0 bridgehead atoms. The SMILES string of the molecule is O=C(Nc1cnc(Cl)cc1C1(O)CCOCC1)c1ccnc(Nc2ccc(C(F)(F)F)cn2)c1. The molecule has 4 heterocycles. The Morgan fingerprint density at radius 2 is 1.82 bits per heavy atom. The third kappa shape index (κ3) is 5.44. The van der Waals surface area contributed by atoms with Crippen LogP contribution in [0.15, 0.2) is 48.9 Å². The van der Waals surface area contributed by atoms with Gasteiger partial charge in [-0.2, -0.15) is 13.2 Å². The number of anilines is 3. The predicted molar refractivity (Wildman–Crippen MR) is 118 cm³/mol. The van der Waals surface area contributed by atoms with Crippen molar-refractivity contribution in [1.82, 2.24) is 15.0 Å². The van der Waals surface area contributed by atoms with E-state index in [-0.39, 0.29) is 22.4 Å². The van der Waals surface area contributed by atoms with Crippen LogP contribution < -0.4 is 10.6 Å². The van der Waals surface area contributed by atoms with Gasteiger partial charge < -0.3 is 20.5 Å². The van der Waals surface area contributed by atoms with Gasteiger partial charge in [-0.3, -0.25) is 4.79 Å². The van der Waals surface area contributed by atoms with Crippen molar-refractivity contribution in [3.05, 3.63) is 70.8 Å². The third-order valence-corrected chi connectivity index (χ3v) is 5.52. The monoisotopic (exact) mass is 493 g/mol. The molecule has 12 heteroatoms. The summed E-state index contributed by atoms with van der Waals surface area (Å²) in [6.45, 7) is 0.725. The van der Waals surface area contributed by atoms with Crippen molar-refractivity contribution in [2.24, 2.45) is 0 Å². The van der Waals surface area contributed by atoms with E-state index >= 15 is 0 Å². The number of aliphatic hydroxyl groups is 1. The minimum atomic E-state index is -4.49. The maximum absolute atomic E-state index is 12.9. The molecule has 0 aromatic carbocycles. The number of pyridine rings is 3. The molecule has 3 aromatic rings. The van der Waals surface area contributed by atoms with Gasteiger partial charge in [-0.25, -0.2) is 15.0 Å². The highest BCUT2D eigenvalue weighted by Gasteiger charge is 2.35. The third-order valence-electron chi connectivity index (χ3n) is 5.31. The first-order chi connectivity index (χ1) is 16.1. The lowest BCUT2D eigenvalue weighted by Crippen LogP contribution is -2.34. The number of hydrogen-bond donors (Lipinski definition) is 3. The molecule has 0 spiro atoms. The van der Waals surface area contributed by atoms with Gasteiger partial charge in [-0.15, -0.1) is 0 Å². The minimum Gasteiger partial charge on any atom is -0.385 e. The lowest BCUT2D eigenvalue weighted by Gasteiger charge is -2.33. The molecular formula is C22H19ClF3N5O3. The van der Waals surface area contributed by atoms with E-state index in [4.69, 9.17) is 16.3 Å². The molecule has 4 rings (SSSR count). The molecule has 1 fully saturated rings. The van der Waals surface area contributed by atoms with Gasteiger partial charge in [0.15, 0.2) is 0 Å². The molecule has 1 amide bonds. The van der Waals surface area contributed by atoms with Gasteiger partial charge in [0, 0.05) is 49.6 Å². The van der Waals surface area contributed by atoms with Gasteiger partial charge in [-0.1, -0.05) is 11.6 Å². The number of ether oxygens (including phenoxy) is 1. The van der Waals surface area contributed by atoms with E-state index in [1.165, 1.54) is 30.6 Å². The zero-order valence-electron chi connectivity index (χ0n) is 17.6. The summed E-state index contributed by atoms with van der Waals surface area (Å²) >= 11 is 6.03. The average Bonchev–Trinajstić information content (AvgIpc) is 2.80. The van der Waals surface area contributed by atoms with Crippen LogP contribution >= 0.6 is 11.6 Å². The maximum Gasteiger partial charge on any atom is 0.417 e. The second-order valence-electron chi connectivity index (χ2n) is 7.64. The molecule has 0 atom stereocenters. The summed E-state index contributed by atoms with van der Waals surface area (Å²) in [5.41, 5.74) is -1.16. The van der Waals surface area contributed by atoms with Gasteiger partial charge in [0.1, 0.15) is 16.8 Å². The largest absolute Gasteiger partial charge is 0.417 e. The van der Waals surface area contributed by atoms with Crippen LogP contribution in [0.1, 0.15) is 34.3 Å². The smallest absolute Gasteiger partial charge is 0.385 e. The van der Waals surface area contributed by atoms with Crippen molar-refractivity contribution < 1.29 is 27.8 Å². The van der Waals surface area contributed by atoms with Crippen molar-refractivity contribution in [2.75, 3.05) is 23.8 Å². The number of aromatic nitrogens is 3. The van der Waals surface area contributed by atoms with Crippen LogP contribution in [0.3, 0.4) is 0 Å². The van der Waals surface area contributed by atoms with E-state index in [0.29, 0.717) is 43.5 Å². The zero-order valence-corrected chi connectivity index (χ0v) is 18.3. The molecule has 0 saturated carbocycles. The van der Waals surface area contributed by atoms with E-state index in [9.17, 15) is 23.1 Å². The Bertz CT molecular complexity index is 1190. The summed E-state index contributed by atoms with van der Waals surface area (Å²) in [6.07, 6.45) is -0.382. The van der Waals surface area contributed by atoms with Crippen LogP contribution in [0.4, 0.5) is 30.5 Å². The van der Waals surface area contributed by atoms with Crippen LogP contribution in [0.25, 0.3) is 0 Å². The normalized spacial score (nSPS) is 15.6. The minimum absolute atomic E-state index is 0.129. The van der Waals surface area contributed by atoms with Gasteiger partial charge in [0.05, 0.1) is 23.0 Å². The summed E-state index contributed by atoms with van der Waals surface area (Å²) in [7, 11) is 0. The summed E-state index contributed by atoms with van der Waals surface area (Å²) in [5, 5.41) is 16.8. The zero-order chi connectivity index (χ0) is 24.3. The van der Waals surface area contributed by atoms with Gasteiger partial charge >= 0.3 is 6.18 Å². The van der Waals surface area contributed by atoms with E-state index in [1.807, 2.05) is 0 Å². The molecule has 3 N–H and O–H groups in total. The summed E-state index contributed by atoms with van der Waals surface area (Å²) < 4.78 is 43.4. The molecule has 0 aliphatic carbocycles. The lowest BCUT2D eigenvalue weighted by molar-refractivity contribution is -0.137. The molecule has 1 saturated heterocycles. The van der Waals surface area contributed by atoms with Gasteiger partial charge in [-0.05, 0) is 30.3 Å². The average molecular weight is 494 g/mol. The van der Waals surface area contributed by atoms with Crippen LogP contribution in [-0.4, -0.2) is 39.2 Å². The Labute approximate surface area is 197 Å². The second kappa shape index (κ2) is 9.53. The number of nitrogens with zero attached hydrogens (tertiary/aromatic N) is 3. The molecule has 8 nitrogen and oxygen atoms in total. The second-order valence-corrected chi connectivity index (χ2v) is 8.02. The van der Waals surface area contributed by atoms with Crippen LogP contribution in [-0.2, 0) is 16.5 Å². The molecule has 1 aliphatic rings. The van der Waals surface area contributed by atoms with Crippen LogP contribution in [0, 0.1) is 0 Å². The van der Waals surface area contributed by atoms with E-state index in [0.717, 1.165) is 12.1 Å². The highest BCUT2D eigenvalue weighted by Crippen LogP contribution is 2.37. The molecule has 0 radical (unpaired) electrons. The molecule has 1 aliphatic heterocycles. The summed E-state index contributed by atoms with van der Waals surface area (Å²) in [5.74, 6) is -0.173. The van der Waals surface area contributed by atoms with E-state index < -0.39 is 23.2 Å². The van der Waals surface area contributed by atoms with Crippen molar-refractivity contribution in [3.8, 4) is 0 Å². The highest BCUT2D eigenvalue weighted by molar-refractivity contribution is 6.29. The van der Waals surface area contributed by atoms with E-state index in [1.54, 1.807) is 0 Å². The number of rotatable bonds is 5. The van der Waals surface area contributed by atoms with Gasteiger partial charge in [0.2, 0.25) is 0 Å².